The average Bonchev–Trinajstić information content (AvgIpc) is 1.77. The van der Waals surface area contributed by atoms with Crippen molar-refractivity contribution in [3.05, 3.63) is 0 Å². The van der Waals surface area contributed by atoms with Crippen LogP contribution in [0.1, 0.15) is 26.2 Å². The van der Waals surface area contributed by atoms with Crippen LogP contribution in [0.5, 0.6) is 0 Å². The van der Waals surface area contributed by atoms with Gasteiger partial charge in [0.05, 0.1) is 6.42 Å². The number of hydrogen-bond acceptors (Lipinski definition) is 2. The Morgan fingerprint density at radius 3 is 2.36 bits per heavy atom. The highest BCUT2D eigenvalue weighted by Crippen LogP contribution is 2.23. The van der Waals surface area contributed by atoms with Crippen LogP contribution in [0.4, 0.5) is 13.2 Å². The zero-order chi connectivity index (χ0) is 11.4. The first-order chi connectivity index (χ1) is 6.20. The Bertz CT molecular complexity index is 194. The molecule has 0 aliphatic heterocycles. The van der Waals surface area contributed by atoms with Gasteiger partial charge in [0.1, 0.15) is 0 Å². The molecule has 0 bridgehead atoms. The van der Waals surface area contributed by atoms with Crippen LogP contribution in [0, 0.1) is 5.92 Å². The molecular formula is C8H14F3NO2. The smallest absolute Gasteiger partial charge is 0.390 e. The highest BCUT2D eigenvalue weighted by molar-refractivity contribution is 5.66. The first-order valence-corrected chi connectivity index (χ1v) is 4.25. The molecule has 0 saturated carbocycles. The molecule has 2 atom stereocenters. The number of rotatable bonds is 5. The third kappa shape index (κ3) is 7.85. The second kappa shape index (κ2) is 5.19. The van der Waals surface area contributed by atoms with Crippen molar-refractivity contribution in [2.24, 2.45) is 11.7 Å². The van der Waals surface area contributed by atoms with E-state index in [0.717, 1.165) is 0 Å². The predicted molar refractivity (Wildman–Crippen MR) is 44.7 cm³/mol. The summed E-state index contributed by atoms with van der Waals surface area (Å²) in [7, 11) is 0. The Balaban J connectivity index is 3.82. The molecule has 0 aromatic rings. The fourth-order valence-electron chi connectivity index (χ4n) is 1.28. The molecule has 0 rings (SSSR count). The largest absolute Gasteiger partial charge is 0.481 e. The van der Waals surface area contributed by atoms with Gasteiger partial charge in [0.25, 0.3) is 0 Å². The summed E-state index contributed by atoms with van der Waals surface area (Å²) in [6.07, 6.45) is -5.41. The third-order valence-corrected chi connectivity index (χ3v) is 1.72. The van der Waals surface area contributed by atoms with E-state index in [4.69, 9.17) is 10.8 Å². The van der Waals surface area contributed by atoms with E-state index in [9.17, 15) is 18.0 Å². The van der Waals surface area contributed by atoms with Crippen molar-refractivity contribution in [2.75, 3.05) is 0 Å². The summed E-state index contributed by atoms with van der Waals surface area (Å²) in [6, 6.07) is -1.01. The lowest BCUT2D eigenvalue weighted by atomic mass is 9.97. The lowest BCUT2D eigenvalue weighted by molar-refractivity contribution is -0.139. The first kappa shape index (κ1) is 13.2. The van der Waals surface area contributed by atoms with E-state index < -0.39 is 24.6 Å². The van der Waals surface area contributed by atoms with Crippen molar-refractivity contribution in [3.63, 3.8) is 0 Å². The van der Waals surface area contributed by atoms with E-state index >= 15 is 0 Å². The Morgan fingerprint density at radius 1 is 1.50 bits per heavy atom. The summed E-state index contributed by atoms with van der Waals surface area (Å²) in [6.45, 7) is 1.57. The van der Waals surface area contributed by atoms with Crippen molar-refractivity contribution in [2.45, 2.75) is 38.4 Å². The van der Waals surface area contributed by atoms with Gasteiger partial charge in [-0.2, -0.15) is 13.2 Å². The highest BCUT2D eigenvalue weighted by Gasteiger charge is 2.30. The van der Waals surface area contributed by atoms with Gasteiger partial charge in [-0.15, -0.1) is 0 Å². The van der Waals surface area contributed by atoms with Crippen LogP contribution < -0.4 is 5.73 Å². The Morgan fingerprint density at radius 2 is 2.00 bits per heavy atom. The van der Waals surface area contributed by atoms with Crippen LogP contribution in [-0.2, 0) is 4.79 Å². The minimum Gasteiger partial charge on any atom is -0.481 e. The molecule has 0 aromatic carbocycles. The minimum absolute atomic E-state index is 0.0752. The fraction of sp³-hybridized carbons (Fsp3) is 0.875. The third-order valence-electron chi connectivity index (χ3n) is 1.72. The average molecular weight is 213 g/mol. The molecule has 84 valence electrons. The van der Waals surface area contributed by atoms with E-state index in [0.29, 0.717) is 0 Å². The summed E-state index contributed by atoms with van der Waals surface area (Å²) < 4.78 is 35.5. The van der Waals surface area contributed by atoms with Gasteiger partial charge >= 0.3 is 12.1 Å². The normalized spacial score (nSPS) is 16.4. The second-order valence-electron chi connectivity index (χ2n) is 3.52. The molecule has 3 N–H and O–H groups in total. The molecule has 0 aliphatic rings. The molecular weight excluding hydrogens is 199 g/mol. The van der Waals surface area contributed by atoms with Crippen LogP contribution >= 0.6 is 0 Å². The van der Waals surface area contributed by atoms with Gasteiger partial charge in [0.15, 0.2) is 0 Å². The standard InChI is InChI=1S/C8H14F3NO2/c1-5(3-7(13)14)2-6(12)4-8(9,10)11/h5-6H,2-4,12H2,1H3,(H,13,14)/t5-,6+/m0/s1. The maximum atomic E-state index is 11.8. The summed E-state index contributed by atoms with van der Waals surface area (Å²) in [5.74, 6) is -1.35. The number of aliphatic carboxylic acids is 1. The monoisotopic (exact) mass is 213 g/mol. The molecule has 0 spiro atoms. The lowest BCUT2D eigenvalue weighted by Gasteiger charge is -2.17. The topological polar surface area (TPSA) is 63.3 Å². The molecule has 0 unspecified atom stereocenters. The number of carbonyl (C=O) groups is 1. The Labute approximate surface area is 80.1 Å². The van der Waals surface area contributed by atoms with Gasteiger partial charge < -0.3 is 10.8 Å². The quantitative estimate of drug-likeness (QED) is 0.731. The second-order valence-corrected chi connectivity index (χ2v) is 3.52. The molecule has 0 saturated heterocycles. The van der Waals surface area contributed by atoms with E-state index in [1.807, 2.05) is 0 Å². The molecule has 0 fully saturated rings. The zero-order valence-electron chi connectivity index (χ0n) is 7.84. The summed E-state index contributed by atoms with van der Waals surface area (Å²) >= 11 is 0. The van der Waals surface area contributed by atoms with Gasteiger partial charge in [0.2, 0.25) is 0 Å². The van der Waals surface area contributed by atoms with E-state index in [1.165, 1.54) is 0 Å². The van der Waals surface area contributed by atoms with Crippen LogP contribution in [-0.4, -0.2) is 23.3 Å². The van der Waals surface area contributed by atoms with Crippen LogP contribution in [0.15, 0.2) is 0 Å². The highest BCUT2D eigenvalue weighted by atomic mass is 19.4. The van der Waals surface area contributed by atoms with Crippen molar-refractivity contribution in [1.29, 1.82) is 0 Å². The molecule has 0 amide bonds. The number of hydrogen-bond donors (Lipinski definition) is 2. The number of carboxylic acid groups (broad SMARTS) is 1. The van der Waals surface area contributed by atoms with Gasteiger partial charge in [-0.05, 0) is 12.3 Å². The SMILES string of the molecule is C[C@H](CC(=O)O)C[C@@H](N)CC(F)(F)F. The maximum absolute atomic E-state index is 11.8. The van der Waals surface area contributed by atoms with Gasteiger partial charge in [0, 0.05) is 12.5 Å². The molecule has 0 heterocycles. The lowest BCUT2D eigenvalue weighted by Crippen LogP contribution is -2.29. The fourth-order valence-corrected chi connectivity index (χ4v) is 1.28. The Kier molecular flexibility index (Phi) is 4.90. The predicted octanol–water partition coefficient (Wildman–Crippen LogP) is 1.77. The summed E-state index contributed by atoms with van der Waals surface area (Å²) in [4.78, 5) is 10.2. The van der Waals surface area contributed by atoms with Crippen LogP contribution in [0.3, 0.4) is 0 Å². The van der Waals surface area contributed by atoms with E-state index in [2.05, 4.69) is 0 Å². The summed E-state index contributed by atoms with van der Waals surface area (Å²) in [5.41, 5.74) is 5.22. The number of carboxylic acids is 1. The Hall–Kier alpha value is -0.780. The molecule has 0 radical (unpaired) electrons. The van der Waals surface area contributed by atoms with E-state index in [-0.39, 0.29) is 18.8 Å². The van der Waals surface area contributed by atoms with Crippen molar-refractivity contribution in [3.8, 4) is 0 Å². The van der Waals surface area contributed by atoms with E-state index in [1.54, 1.807) is 6.92 Å². The van der Waals surface area contributed by atoms with Crippen molar-refractivity contribution in [1.82, 2.24) is 0 Å². The van der Waals surface area contributed by atoms with Crippen molar-refractivity contribution >= 4 is 5.97 Å². The van der Waals surface area contributed by atoms with Gasteiger partial charge in [-0.3, -0.25) is 4.79 Å². The number of halogens is 3. The van der Waals surface area contributed by atoms with Crippen LogP contribution in [0.2, 0.25) is 0 Å². The van der Waals surface area contributed by atoms with Gasteiger partial charge in [-0.25, -0.2) is 0 Å². The van der Waals surface area contributed by atoms with Gasteiger partial charge in [-0.1, -0.05) is 6.92 Å². The zero-order valence-corrected chi connectivity index (χ0v) is 7.84. The minimum atomic E-state index is -4.28. The molecule has 14 heavy (non-hydrogen) atoms. The number of alkyl halides is 3. The van der Waals surface area contributed by atoms with Crippen molar-refractivity contribution < 1.29 is 23.1 Å². The molecule has 0 aliphatic carbocycles. The maximum Gasteiger partial charge on any atom is 0.390 e. The molecule has 3 nitrogen and oxygen atoms in total. The summed E-state index contributed by atoms with van der Waals surface area (Å²) in [5, 5.41) is 8.37. The number of nitrogens with two attached hydrogens (primary N) is 1. The molecule has 0 aromatic heterocycles. The first-order valence-electron chi connectivity index (χ1n) is 4.25. The molecule has 6 heteroatoms. The van der Waals surface area contributed by atoms with Crippen LogP contribution in [0.25, 0.3) is 0 Å².